The van der Waals surface area contributed by atoms with E-state index in [1.807, 2.05) is 6.07 Å². The Kier molecular flexibility index (Phi) is 5.30. The van der Waals surface area contributed by atoms with Gasteiger partial charge in [0.1, 0.15) is 5.82 Å². The van der Waals surface area contributed by atoms with Gasteiger partial charge in [-0.05, 0) is 79.0 Å². The third-order valence-electron chi connectivity index (χ3n) is 6.12. The van der Waals surface area contributed by atoms with Crippen LogP contribution in [-0.2, 0) is 0 Å². The molecule has 1 aliphatic carbocycles. The number of rotatable bonds is 6. The fraction of sp³-hybridized carbons (Fsp3) is 0.455. The van der Waals surface area contributed by atoms with E-state index in [2.05, 4.69) is 23.1 Å². The van der Waals surface area contributed by atoms with E-state index in [0.717, 1.165) is 48.4 Å². The molecule has 4 atom stereocenters. The van der Waals surface area contributed by atoms with E-state index in [4.69, 9.17) is 11.6 Å². The Balaban J connectivity index is 1.24. The highest BCUT2D eigenvalue weighted by atomic mass is 35.5. The molecule has 4 rings (SSSR count). The summed E-state index contributed by atoms with van der Waals surface area (Å²) in [4.78, 5) is 2.54. The predicted octanol–water partition coefficient (Wildman–Crippen LogP) is 5.03. The predicted molar refractivity (Wildman–Crippen MR) is 103 cm³/mol. The Morgan fingerprint density at radius 1 is 1.15 bits per heavy atom. The van der Waals surface area contributed by atoms with Crippen molar-refractivity contribution in [1.29, 1.82) is 0 Å². The van der Waals surface area contributed by atoms with Gasteiger partial charge in [-0.1, -0.05) is 35.9 Å². The van der Waals surface area contributed by atoms with E-state index in [0.29, 0.717) is 5.92 Å². The largest absolute Gasteiger partial charge is 0.388 e. The van der Waals surface area contributed by atoms with Crippen LogP contribution in [0.15, 0.2) is 48.5 Å². The van der Waals surface area contributed by atoms with E-state index in [1.54, 1.807) is 12.1 Å². The third-order valence-corrected chi connectivity index (χ3v) is 6.36. The normalized spacial score (nSPS) is 26.3. The standard InChI is InChI=1S/C22H25ClFNO/c23-18-4-1-3-16(11-18)20-12-17-13-25(14-21(17)20)10-2-5-22(26)15-6-8-19(24)9-7-15/h1,3-4,6-9,11,17,20-22,26H,2,5,10,12-14H2. The first-order chi connectivity index (χ1) is 12.6. The highest BCUT2D eigenvalue weighted by Gasteiger charge is 2.47. The molecule has 1 N–H and O–H groups in total. The maximum atomic E-state index is 13.0. The molecule has 4 heteroatoms. The van der Waals surface area contributed by atoms with Gasteiger partial charge in [-0.3, -0.25) is 0 Å². The average molecular weight is 374 g/mol. The molecule has 2 fully saturated rings. The molecule has 4 unspecified atom stereocenters. The minimum absolute atomic E-state index is 0.261. The van der Waals surface area contributed by atoms with E-state index in [1.165, 1.54) is 30.7 Å². The second-order valence-corrected chi connectivity index (χ2v) is 8.23. The zero-order valence-corrected chi connectivity index (χ0v) is 15.6. The Hall–Kier alpha value is -1.42. The summed E-state index contributed by atoms with van der Waals surface area (Å²) in [6.45, 7) is 3.34. The number of nitrogens with zero attached hydrogens (tertiary/aromatic N) is 1. The maximum Gasteiger partial charge on any atom is 0.123 e. The molecule has 2 nitrogen and oxygen atoms in total. The summed E-state index contributed by atoms with van der Waals surface area (Å²) >= 11 is 6.14. The number of hydrogen-bond acceptors (Lipinski definition) is 2. The van der Waals surface area contributed by atoms with Crippen LogP contribution < -0.4 is 0 Å². The van der Waals surface area contributed by atoms with Gasteiger partial charge in [0.2, 0.25) is 0 Å². The lowest BCUT2D eigenvalue weighted by Crippen LogP contribution is -2.33. The summed E-state index contributed by atoms with van der Waals surface area (Å²) in [6, 6.07) is 14.5. The van der Waals surface area contributed by atoms with Crippen LogP contribution in [0.5, 0.6) is 0 Å². The average Bonchev–Trinajstić information content (AvgIpc) is 2.92. The van der Waals surface area contributed by atoms with Crippen LogP contribution in [0.3, 0.4) is 0 Å². The van der Waals surface area contributed by atoms with E-state index < -0.39 is 6.10 Å². The summed E-state index contributed by atoms with van der Waals surface area (Å²) in [5.74, 6) is 1.94. The van der Waals surface area contributed by atoms with E-state index >= 15 is 0 Å². The molecule has 1 saturated carbocycles. The zero-order chi connectivity index (χ0) is 18.1. The molecule has 1 saturated heterocycles. The van der Waals surface area contributed by atoms with Crippen LogP contribution in [0.2, 0.25) is 5.02 Å². The second kappa shape index (κ2) is 7.67. The van der Waals surface area contributed by atoms with Gasteiger partial charge in [0, 0.05) is 18.1 Å². The smallest absolute Gasteiger partial charge is 0.123 e. The van der Waals surface area contributed by atoms with Crippen molar-refractivity contribution in [2.75, 3.05) is 19.6 Å². The van der Waals surface area contributed by atoms with Gasteiger partial charge in [0.25, 0.3) is 0 Å². The lowest BCUT2D eigenvalue weighted by atomic mass is 9.64. The summed E-state index contributed by atoms with van der Waals surface area (Å²) in [5, 5.41) is 11.1. The SMILES string of the molecule is OC(CCCN1CC2CC(c3cccc(Cl)c3)C2C1)c1ccc(F)cc1. The van der Waals surface area contributed by atoms with Gasteiger partial charge in [-0.15, -0.1) is 0 Å². The molecule has 0 radical (unpaired) electrons. The molecule has 1 heterocycles. The molecule has 2 aliphatic rings. The molecule has 1 aliphatic heterocycles. The monoisotopic (exact) mass is 373 g/mol. The molecule has 0 spiro atoms. The quantitative estimate of drug-likeness (QED) is 0.767. The minimum Gasteiger partial charge on any atom is -0.388 e. The molecule has 0 bridgehead atoms. The number of aliphatic hydroxyl groups is 1. The van der Waals surface area contributed by atoms with Crippen molar-refractivity contribution >= 4 is 11.6 Å². The van der Waals surface area contributed by atoms with Crippen LogP contribution in [-0.4, -0.2) is 29.6 Å². The van der Waals surface area contributed by atoms with Gasteiger partial charge in [-0.25, -0.2) is 4.39 Å². The fourth-order valence-corrected chi connectivity index (χ4v) is 4.86. The molecule has 26 heavy (non-hydrogen) atoms. The number of likely N-dealkylation sites (tertiary alicyclic amines) is 1. The van der Waals surface area contributed by atoms with Gasteiger partial charge < -0.3 is 10.0 Å². The summed E-state index contributed by atoms with van der Waals surface area (Å²) < 4.78 is 13.0. The number of hydrogen-bond donors (Lipinski definition) is 1. The van der Waals surface area contributed by atoms with Gasteiger partial charge in [-0.2, -0.15) is 0 Å². The highest BCUT2D eigenvalue weighted by Crippen LogP contribution is 2.51. The van der Waals surface area contributed by atoms with Crippen LogP contribution in [0.4, 0.5) is 4.39 Å². The molecular formula is C22H25ClFNO. The second-order valence-electron chi connectivity index (χ2n) is 7.79. The lowest BCUT2D eigenvalue weighted by Gasteiger charge is -2.40. The maximum absolute atomic E-state index is 13.0. The molecular weight excluding hydrogens is 349 g/mol. The number of halogens is 2. The van der Waals surface area contributed by atoms with E-state index in [9.17, 15) is 9.50 Å². The van der Waals surface area contributed by atoms with Crippen LogP contribution in [0.1, 0.15) is 42.4 Å². The van der Waals surface area contributed by atoms with Crippen molar-refractivity contribution in [1.82, 2.24) is 4.90 Å². The topological polar surface area (TPSA) is 23.5 Å². The Morgan fingerprint density at radius 3 is 2.73 bits per heavy atom. The fourth-order valence-electron chi connectivity index (χ4n) is 4.66. The molecule has 0 aromatic heterocycles. The number of fused-ring (bicyclic) bond motifs is 1. The number of benzene rings is 2. The Bertz CT molecular complexity index is 750. The van der Waals surface area contributed by atoms with Gasteiger partial charge in [0.05, 0.1) is 6.10 Å². The minimum atomic E-state index is -0.505. The van der Waals surface area contributed by atoms with Crippen molar-refractivity contribution < 1.29 is 9.50 Å². The summed E-state index contributed by atoms with van der Waals surface area (Å²) in [6.07, 6.45) is 2.43. The number of aliphatic hydroxyl groups excluding tert-OH is 1. The van der Waals surface area contributed by atoms with Crippen molar-refractivity contribution in [3.05, 3.63) is 70.5 Å². The Labute approximate surface area is 159 Å². The van der Waals surface area contributed by atoms with Crippen LogP contribution in [0.25, 0.3) is 0 Å². The highest BCUT2D eigenvalue weighted by molar-refractivity contribution is 6.30. The molecule has 2 aromatic rings. The molecule has 0 amide bonds. The van der Waals surface area contributed by atoms with Crippen LogP contribution >= 0.6 is 11.6 Å². The van der Waals surface area contributed by atoms with Crippen molar-refractivity contribution in [3.63, 3.8) is 0 Å². The van der Waals surface area contributed by atoms with Gasteiger partial charge in [0.15, 0.2) is 0 Å². The van der Waals surface area contributed by atoms with Crippen molar-refractivity contribution in [3.8, 4) is 0 Å². The lowest BCUT2D eigenvalue weighted by molar-refractivity contribution is 0.158. The first-order valence-electron chi connectivity index (χ1n) is 9.51. The molecule has 138 valence electrons. The van der Waals surface area contributed by atoms with E-state index in [-0.39, 0.29) is 5.82 Å². The molecule has 2 aromatic carbocycles. The first kappa shape index (κ1) is 18.0. The summed E-state index contributed by atoms with van der Waals surface area (Å²) in [7, 11) is 0. The van der Waals surface area contributed by atoms with Gasteiger partial charge >= 0.3 is 0 Å². The zero-order valence-electron chi connectivity index (χ0n) is 14.8. The Morgan fingerprint density at radius 2 is 1.96 bits per heavy atom. The summed E-state index contributed by atoms with van der Waals surface area (Å²) in [5.41, 5.74) is 2.18. The van der Waals surface area contributed by atoms with Crippen molar-refractivity contribution in [2.24, 2.45) is 11.8 Å². The first-order valence-corrected chi connectivity index (χ1v) is 9.89. The van der Waals surface area contributed by atoms with Crippen LogP contribution in [0, 0.1) is 17.7 Å². The van der Waals surface area contributed by atoms with Crippen molar-refractivity contribution in [2.45, 2.75) is 31.3 Å². The third kappa shape index (κ3) is 3.80.